The van der Waals surface area contributed by atoms with Gasteiger partial charge in [-0.2, -0.15) is 4.37 Å². The molecule has 40 heavy (non-hydrogen) atoms. The van der Waals surface area contributed by atoms with Crippen molar-refractivity contribution in [2.24, 2.45) is 0 Å². The van der Waals surface area contributed by atoms with Gasteiger partial charge in [-0.05, 0) is 104 Å². The number of anilines is 6. The monoisotopic (exact) mass is 596 g/mol. The second kappa shape index (κ2) is 9.30. The van der Waals surface area contributed by atoms with Gasteiger partial charge in [0.2, 0.25) is 4.73 Å². The molecule has 0 amide bonds. The van der Waals surface area contributed by atoms with Crippen LogP contribution in [0.1, 0.15) is 0 Å². The first-order valence-corrected chi connectivity index (χ1v) is 14.6. The molecule has 0 saturated carbocycles. The molecule has 1 aliphatic rings. The standard InChI is InChI=1S/C34H21BrN4S/c35-34-36-33(40-37-34)26-15-18-31-32(21-26)39(28-17-14-23-8-2-4-10-25(23)20-28)30-12-6-5-11-29(30)38(31)27-16-13-22-7-1-3-9-24(22)19-27/h1-21H. The predicted molar refractivity (Wildman–Crippen MR) is 171 cm³/mol. The highest BCUT2D eigenvalue weighted by molar-refractivity contribution is 9.10. The number of fused-ring (bicyclic) bond motifs is 4. The lowest BCUT2D eigenvalue weighted by molar-refractivity contribution is 1.17. The number of halogens is 1. The molecule has 0 radical (unpaired) electrons. The van der Waals surface area contributed by atoms with Gasteiger partial charge in [-0.3, -0.25) is 0 Å². The van der Waals surface area contributed by atoms with Crippen LogP contribution >= 0.6 is 27.5 Å². The van der Waals surface area contributed by atoms with Gasteiger partial charge < -0.3 is 9.80 Å². The summed E-state index contributed by atoms with van der Waals surface area (Å²) in [6.07, 6.45) is 0. The summed E-state index contributed by atoms with van der Waals surface area (Å²) < 4.78 is 4.98. The van der Waals surface area contributed by atoms with Crippen molar-refractivity contribution < 1.29 is 0 Å². The van der Waals surface area contributed by atoms with Gasteiger partial charge in [0.25, 0.3) is 0 Å². The molecule has 0 aliphatic carbocycles. The Morgan fingerprint density at radius 2 is 1.02 bits per heavy atom. The zero-order valence-corrected chi connectivity index (χ0v) is 23.6. The third-order valence-corrected chi connectivity index (χ3v) is 8.80. The number of rotatable bonds is 3. The lowest BCUT2D eigenvalue weighted by atomic mass is 10.0. The lowest BCUT2D eigenvalue weighted by Gasteiger charge is -2.40. The van der Waals surface area contributed by atoms with E-state index in [1.54, 1.807) is 0 Å². The Balaban J connectivity index is 1.39. The molecule has 0 saturated heterocycles. The van der Waals surface area contributed by atoms with Crippen molar-refractivity contribution in [2.45, 2.75) is 0 Å². The Bertz CT molecular complexity index is 2070. The minimum Gasteiger partial charge on any atom is -0.306 e. The topological polar surface area (TPSA) is 32.3 Å². The molecule has 6 heteroatoms. The molecule has 1 aromatic heterocycles. The first-order valence-electron chi connectivity index (χ1n) is 13.0. The van der Waals surface area contributed by atoms with Gasteiger partial charge in [-0.15, -0.1) is 0 Å². The van der Waals surface area contributed by atoms with Crippen LogP contribution in [0, 0.1) is 0 Å². The van der Waals surface area contributed by atoms with E-state index in [2.05, 4.69) is 162 Å². The first-order chi connectivity index (χ1) is 19.7. The van der Waals surface area contributed by atoms with Crippen LogP contribution in [-0.4, -0.2) is 9.36 Å². The number of hydrogen-bond donors (Lipinski definition) is 0. The average Bonchev–Trinajstić information content (AvgIpc) is 3.45. The fourth-order valence-electron chi connectivity index (χ4n) is 5.64. The van der Waals surface area contributed by atoms with Crippen molar-refractivity contribution in [3.8, 4) is 10.6 Å². The van der Waals surface area contributed by atoms with E-state index in [1.165, 1.54) is 33.1 Å². The van der Waals surface area contributed by atoms with Crippen molar-refractivity contribution in [1.82, 2.24) is 9.36 Å². The Morgan fingerprint density at radius 1 is 0.500 bits per heavy atom. The van der Waals surface area contributed by atoms with Crippen LogP contribution in [0.25, 0.3) is 32.1 Å². The molecule has 8 rings (SSSR count). The maximum absolute atomic E-state index is 4.62. The number of nitrogens with zero attached hydrogens (tertiary/aromatic N) is 4. The number of hydrogen-bond acceptors (Lipinski definition) is 5. The maximum atomic E-state index is 4.62. The van der Waals surface area contributed by atoms with Crippen LogP contribution in [0.3, 0.4) is 0 Å². The summed E-state index contributed by atoms with van der Waals surface area (Å²) in [5.74, 6) is 0. The molecule has 2 heterocycles. The minimum absolute atomic E-state index is 0.611. The van der Waals surface area contributed by atoms with Crippen LogP contribution in [0.4, 0.5) is 34.1 Å². The molecule has 0 fully saturated rings. The molecule has 6 aromatic carbocycles. The Morgan fingerprint density at radius 3 is 1.60 bits per heavy atom. The summed E-state index contributed by atoms with van der Waals surface area (Å²) >= 11 is 4.82. The second-order valence-corrected chi connectivity index (χ2v) is 11.3. The Hall–Kier alpha value is -4.52. The van der Waals surface area contributed by atoms with Gasteiger partial charge in [-0.1, -0.05) is 72.8 Å². The molecule has 4 nitrogen and oxygen atoms in total. The molecule has 0 N–H and O–H groups in total. The number of benzene rings is 6. The smallest absolute Gasteiger partial charge is 0.209 e. The van der Waals surface area contributed by atoms with E-state index >= 15 is 0 Å². The largest absolute Gasteiger partial charge is 0.306 e. The average molecular weight is 598 g/mol. The maximum Gasteiger partial charge on any atom is 0.209 e. The van der Waals surface area contributed by atoms with Crippen LogP contribution in [0.2, 0.25) is 0 Å². The van der Waals surface area contributed by atoms with Crippen molar-refractivity contribution in [3.63, 3.8) is 0 Å². The van der Waals surface area contributed by atoms with Gasteiger partial charge in [0.05, 0.1) is 22.7 Å². The van der Waals surface area contributed by atoms with Crippen molar-refractivity contribution in [3.05, 3.63) is 132 Å². The van der Waals surface area contributed by atoms with E-state index in [1.807, 2.05) is 0 Å². The fraction of sp³-hybridized carbons (Fsp3) is 0. The van der Waals surface area contributed by atoms with E-state index in [9.17, 15) is 0 Å². The molecule has 0 atom stereocenters. The van der Waals surface area contributed by atoms with Gasteiger partial charge in [0.1, 0.15) is 5.01 Å². The van der Waals surface area contributed by atoms with Crippen molar-refractivity contribution in [2.75, 3.05) is 9.80 Å². The van der Waals surface area contributed by atoms with Gasteiger partial charge in [0, 0.05) is 16.9 Å². The summed E-state index contributed by atoms with van der Waals surface area (Å²) in [7, 11) is 0. The minimum atomic E-state index is 0.611. The van der Waals surface area contributed by atoms with E-state index in [-0.39, 0.29) is 0 Å². The molecule has 1 aliphatic heterocycles. The zero-order chi connectivity index (χ0) is 26.6. The Kier molecular flexibility index (Phi) is 5.43. The van der Waals surface area contributed by atoms with E-state index in [4.69, 9.17) is 0 Å². The summed E-state index contributed by atoms with van der Waals surface area (Å²) in [6.45, 7) is 0. The quantitative estimate of drug-likeness (QED) is 0.203. The Labute approximate surface area is 244 Å². The van der Waals surface area contributed by atoms with Crippen molar-refractivity contribution in [1.29, 1.82) is 0 Å². The number of para-hydroxylation sites is 2. The van der Waals surface area contributed by atoms with Crippen LogP contribution < -0.4 is 9.80 Å². The molecule has 0 unspecified atom stereocenters. The van der Waals surface area contributed by atoms with Crippen LogP contribution in [-0.2, 0) is 0 Å². The summed E-state index contributed by atoms with van der Waals surface area (Å²) in [6, 6.07) is 45.6. The highest BCUT2D eigenvalue weighted by Crippen LogP contribution is 2.55. The molecule has 0 bridgehead atoms. The molecule has 190 valence electrons. The van der Waals surface area contributed by atoms with Crippen LogP contribution in [0.5, 0.6) is 0 Å². The molecule has 7 aromatic rings. The lowest BCUT2D eigenvalue weighted by Crippen LogP contribution is -2.24. The summed E-state index contributed by atoms with van der Waals surface area (Å²) in [5.41, 5.74) is 7.71. The normalized spacial score (nSPS) is 12.5. The summed E-state index contributed by atoms with van der Waals surface area (Å²) in [4.78, 5) is 9.35. The fourth-order valence-corrected chi connectivity index (χ4v) is 6.71. The van der Waals surface area contributed by atoms with Crippen LogP contribution in [0.15, 0.2) is 132 Å². The predicted octanol–water partition coefficient (Wildman–Crippen LogP) is 10.5. The first kappa shape index (κ1) is 23.4. The zero-order valence-electron chi connectivity index (χ0n) is 21.2. The molecular weight excluding hydrogens is 576 g/mol. The third kappa shape index (κ3) is 3.79. The van der Waals surface area contributed by atoms with Gasteiger partial charge in [-0.25, -0.2) is 4.98 Å². The highest BCUT2D eigenvalue weighted by atomic mass is 79.9. The SMILES string of the molecule is Brc1nsc(-c2ccc3c(c2)N(c2ccc4ccccc4c2)c2ccccc2N3c2ccc3ccccc3c2)n1. The number of aromatic nitrogens is 2. The molecular formula is C34H21BrN4S. The third-order valence-electron chi connectivity index (χ3n) is 7.45. The van der Waals surface area contributed by atoms with Crippen molar-refractivity contribution >= 4 is 83.1 Å². The summed E-state index contributed by atoms with van der Waals surface area (Å²) in [5, 5.41) is 5.75. The van der Waals surface area contributed by atoms with E-state index in [0.717, 1.165) is 44.7 Å². The second-order valence-electron chi connectivity index (χ2n) is 9.79. The molecule has 0 spiro atoms. The van der Waals surface area contributed by atoms with E-state index in [0.29, 0.717) is 4.73 Å². The van der Waals surface area contributed by atoms with Gasteiger partial charge in [0.15, 0.2) is 0 Å². The van der Waals surface area contributed by atoms with Gasteiger partial charge >= 0.3 is 0 Å². The van der Waals surface area contributed by atoms with E-state index < -0.39 is 0 Å². The highest BCUT2D eigenvalue weighted by Gasteiger charge is 2.31.